The van der Waals surface area contributed by atoms with Crippen LogP contribution in [0.5, 0.6) is 0 Å². The molecule has 0 radical (unpaired) electrons. The van der Waals surface area contributed by atoms with E-state index >= 15 is 0 Å². The van der Waals surface area contributed by atoms with E-state index in [9.17, 15) is 14.7 Å². The number of ether oxygens (including phenoxy) is 1. The minimum atomic E-state index is -0.711. The van der Waals surface area contributed by atoms with E-state index in [2.05, 4.69) is 0 Å². The topological polar surface area (TPSA) is 66.8 Å². The first-order chi connectivity index (χ1) is 9.58. The summed E-state index contributed by atoms with van der Waals surface area (Å²) in [6.07, 6.45) is 1.42. The van der Waals surface area contributed by atoms with Crippen LogP contribution in [0, 0.1) is 0 Å². The predicted octanol–water partition coefficient (Wildman–Crippen LogP) is 1.16. The van der Waals surface area contributed by atoms with Gasteiger partial charge >= 0.3 is 5.97 Å². The maximum atomic E-state index is 12.6. The number of likely N-dealkylation sites (tertiary alicyclic amines) is 1. The molecule has 1 saturated heterocycles. The number of thioether (sulfide) groups is 1. The lowest BCUT2D eigenvalue weighted by Gasteiger charge is -2.23. The zero-order valence-corrected chi connectivity index (χ0v) is 12.2. The largest absolute Gasteiger partial charge is 0.467 e. The fourth-order valence-electron chi connectivity index (χ4n) is 2.37. The third kappa shape index (κ3) is 2.81. The van der Waals surface area contributed by atoms with Crippen molar-refractivity contribution >= 4 is 23.6 Å². The fraction of sp³-hybridized carbons (Fsp3) is 0.429. The molecular weight excluding hydrogens is 278 g/mol. The number of rotatable bonds is 3. The molecule has 0 saturated carbocycles. The van der Waals surface area contributed by atoms with Crippen molar-refractivity contribution in [3.8, 4) is 0 Å². The SMILES string of the molecule is COC(=O)C1CC(O)CN1C(=O)c1ccccc1SC. The van der Waals surface area contributed by atoms with Crippen LogP contribution in [0.25, 0.3) is 0 Å². The van der Waals surface area contributed by atoms with Crippen molar-refractivity contribution in [1.82, 2.24) is 4.90 Å². The number of hydrogen-bond acceptors (Lipinski definition) is 5. The van der Waals surface area contributed by atoms with Crippen molar-refractivity contribution in [2.75, 3.05) is 19.9 Å². The van der Waals surface area contributed by atoms with Gasteiger partial charge in [-0.15, -0.1) is 11.8 Å². The van der Waals surface area contributed by atoms with Gasteiger partial charge in [0.15, 0.2) is 0 Å². The molecule has 2 atom stereocenters. The summed E-state index contributed by atoms with van der Waals surface area (Å²) < 4.78 is 4.71. The number of aliphatic hydroxyl groups excluding tert-OH is 1. The van der Waals surface area contributed by atoms with Crippen molar-refractivity contribution in [3.63, 3.8) is 0 Å². The smallest absolute Gasteiger partial charge is 0.328 e. The molecule has 0 spiro atoms. The second-order valence-corrected chi connectivity index (χ2v) is 5.43. The van der Waals surface area contributed by atoms with Crippen molar-refractivity contribution < 1.29 is 19.4 Å². The third-order valence-corrected chi connectivity index (χ3v) is 4.15. The molecule has 6 heteroatoms. The fourth-order valence-corrected chi connectivity index (χ4v) is 2.96. The Balaban J connectivity index is 2.29. The highest BCUT2D eigenvalue weighted by molar-refractivity contribution is 7.98. The molecule has 108 valence electrons. The van der Waals surface area contributed by atoms with Crippen molar-refractivity contribution in [3.05, 3.63) is 29.8 Å². The number of esters is 1. The van der Waals surface area contributed by atoms with Gasteiger partial charge in [-0.25, -0.2) is 4.79 Å². The molecule has 1 N–H and O–H groups in total. The maximum Gasteiger partial charge on any atom is 0.328 e. The van der Waals surface area contributed by atoms with Gasteiger partial charge in [0.25, 0.3) is 5.91 Å². The Hall–Kier alpha value is -1.53. The monoisotopic (exact) mass is 295 g/mol. The molecule has 1 aromatic carbocycles. The Kier molecular flexibility index (Phi) is 4.67. The van der Waals surface area contributed by atoms with Crippen LogP contribution in [-0.2, 0) is 9.53 Å². The Morgan fingerprint density at radius 3 is 2.75 bits per heavy atom. The van der Waals surface area contributed by atoms with E-state index in [1.165, 1.54) is 23.8 Å². The number of carbonyl (C=O) groups is 2. The molecular formula is C14H17NO4S. The third-order valence-electron chi connectivity index (χ3n) is 3.35. The number of benzene rings is 1. The van der Waals surface area contributed by atoms with Crippen molar-refractivity contribution in [2.24, 2.45) is 0 Å². The summed E-state index contributed by atoms with van der Waals surface area (Å²) in [4.78, 5) is 26.6. The standard InChI is InChI=1S/C14H17NO4S/c1-19-14(18)11-7-9(16)8-15(11)13(17)10-5-3-4-6-12(10)20-2/h3-6,9,11,16H,7-8H2,1-2H3. The van der Waals surface area contributed by atoms with Gasteiger partial charge in [-0.05, 0) is 18.4 Å². The van der Waals surface area contributed by atoms with Gasteiger partial charge < -0.3 is 14.7 Å². The first-order valence-corrected chi connectivity index (χ1v) is 7.50. The number of amides is 1. The minimum absolute atomic E-state index is 0.154. The van der Waals surface area contributed by atoms with E-state index in [0.717, 1.165) is 4.90 Å². The molecule has 1 amide bonds. The van der Waals surface area contributed by atoms with Crippen LogP contribution < -0.4 is 0 Å². The molecule has 1 aliphatic rings. The summed E-state index contributed by atoms with van der Waals surface area (Å²) in [6.45, 7) is 0.154. The molecule has 1 aliphatic heterocycles. The van der Waals surface area contributed by atoms with Crippen molar-refractivity contribution in [1.29, 1.82) is 0 Å². The average Bonchev–Trinajstić information content (AvgIpc) is 2.87. The highest BCUT2D eigenvalue weighted by Gasteiger charge is 2.40. The van der Waals surface area contributed by atoms with E-state index < -0.39 is 18.1 Å². The predicted molar refractivity (Wildman–Crippen MR) is 75.7 cm³/mol. The van der Waals surface area contributed by atoms with E-state index in [4.69, 9.17) is 4.74 Å². The number of methoxy groups -OCH3 is 1. The number of aliphatic hydroxyl groups is 1. The number of hydrogen-bond donors (Lipinski definition) is 1. The number of β-amino-alcohol motifs (C(OH)–C–C–N with tert-alkyl or cyclic N) is 1. The van der Waals surface area contributed by atoms with Crippen LogP contribution in [0.2, 0.25) is 0 Å². The lowest BCUT2D eigenvalue weighted by Crippen LogP contribution is -2.41. The molecule has 0 aromatic heterocycles. The van der Waals surface area contributed by atoms with Gasteiger partial charge in [-0.1, -0.05) is 12.1 Å². The van der Waals surface area contributed by atoms with Crippen LogP contribution >= 0.6 is 11.8 Å². The zero-order valence-electron chi connectivity index (χ0n) is 11.4. The van der Waals surface area contributed by atoms with Crippen molar-refractivity contribution in [2.45, 2.75) is 23.5 Å². The molecule has 0 bridgehead atoms. The van der Waals surface area contributed by atoms with Crippen LogP contribution in [0.4, 0.5) is 0 Å². The van der Waals surface area contributed by atoms with E-state index in [0.29, 0.717) is 5.56 Å². The summed E-state index contributed by atoms with van der Waals surface area (Å²) in [7, 11) is 1.28. The molecule has 20 heavy (non-hydrogen) atoms. The van der Waals surface area contributed by atoms with Gasteiger partial charge in [-0.2, -0.15) is 0 Å². The molecule has 2 unspecified atom stereocenters. The number of carbonyl (C=O) groups excluding carboxylic acids is 2. The molecule has 0 aliphatic carbocycles. The average molecular weight is 295 g/mol. The van der Waals surface area contributed by atoms with Crippen LogP contribution in [-0.4, -0.2) is 53.9 Å². The summed E-state index contributed by atoms with van der Waals surface area (Å²) in [6, 6.07) is 6.52. The molecule has 1 aromatic rings. The highest BCUT2D eigenvalue weighted by atomic mass is 32.2. The second-order valence-electron chi connectivity index (χ2n) is 4.59. The quantitative estimate of drug-likeness (QED) is 0.669. The molecule has 1 fully saturated rings. The Bertz CT molecular complexity index is 520. The highest BCUT2D eigenvalue weighted by Crippen LogP contribution is 2.26. The van der Waals surface area contributed by atoms with Gasteiger partial charge in [0, 0.05) is 17.9 Å². The normalized spacial score (nSPS) is 21.9. The van der Waals surface area contributed by atoms with E-state index in [1.807, 2.05) is 18.4 Å². The van der Waals surface area contributed by atoms with E-state index in [-0.39, 0.29) is 18.9 Å². The molecule has 1 heterocycles. The second kappa shape index (κ2) is 6.28. The van der Waals surface area contributed by atoms with E-state index in [1.54, 1.807) is 12.1 Å². The summed E-state index contributed by atoms with van der Waals surface area (Å²) in [5.74, 6) is -0.738. The molecule has 2 rings (SSSR count). The van der Waals surface area contributed by atoms with Crippen LogP contribution in [0.3, 0.4) is 0 Å². The summed E-state index contributed by atoms with van der Waals surface area (Å²) in [5.41, 5.74) is 0.544. The van der Waals surface area contributed by atoms with Gasteiger partial charge in [-0.3, -0.25) is 4.79 Å². The first kappa shape index (κ1) is 14.9. The van der Waals surface area contributed by atoms with Gasteiger partial charge in [0.1, 0.15) is 6.04 Å². The lowest BCUT2D eigenvalue weighted by atomic mass is 10.1. The number of nitrogens with zero attached hydrogens (tertiary/aromatic N) is 1. The Morgan fingerprint density at radius 2 is 2.10 bits per heavy atom. The Morgan fingerprint density at radius 1 is 1.40 bits per heavy atom. The minimum Gasteiger partial charge on any atom is -0.467 e. The van der Waals surface area contributed by atoms with Crippen LogP contribution in [0.1, 0.15) is 16.8 Å². The maximum absolute atomic E-state index is 12.6. The summed E-state index contributed by atoms with van der Waals surface area (Å²) >= 11 is 1.47. The molecule has 5 nitrogen and oxygen atoms in total. The van der Waals surface area contributed by atoms with Gasteiger partial charge in [0.2, 0.25) is 0 Å². The lowest BCUT2D eigenvalue weighted by molar-refractivity contribution is -0.145. The first-order valence-electron chi connectivity index (χ1n) is 6.28. The Labute approximate surface area is 121 Å². The zero-order chi connectivity index (χ0) is 14.7. The van der Waals surface area contributed by atoms with Crippen LogP contribution in [0.15, 0.2) is 29.2 Å². The summed E-state index contributed by atoms with van der Waals surface area (Å²) in [5, 5.41) is 9.73. The van der Waals surface area contributed by atoms with Gasteiger partial charge in [0.05, 0.1) is 18.8 Å².